The SMILES string of the molecule is COc1ccc(CCCN(C)C(=O)C2CCCN2)cc1.Cl. The number of carbonyl (C=O) groups excluding carboxylic acids is 1. The standard InChI is InChI=1S/C16H24N2O2.ClH/c1-18(16(19)15-6-3-11-17-15)12-4-5-13-7-9-14(20-2)10-8-13;/h7-10,15,17H,3-6,11-12H2,1-2H3;1H. The number of hydrogen-bond donors (Lipinski definition) is 1. The molecule has 0 spiro atoms. The van der Waals surface area contributed by atoms with Gasteiger partial charge in [-0.05, 0) is 49.9 Å². The second-order valence-corrected chi connectivity index (χ2v) is 5.36. The number of amides is 1. The fraction of sp³-hybridized carbons (Fsp3) is 0.562. The molecule has 5 heteroatoms. The molecule has 1 saturated heterocycles. The van der Waals surface area contributed by atoms with Crippen LogP contribution < -0.4 is 10.1 Å². The first kappa shape index (κ1) is 17.8. The molecule has 0 aliphatic carbocycles. The number of carbonyl (C=O) groups is 1. The Bertz CT molecular complexity index is 430. The molecule has 1 unspecified atom stereocenters. The minimum atomic E-state index is 0. The average molecular weight is 313 g/mol. The lowest BCUT2D eigenvalue weighted by Gasteiger charge is -2.21. The molecule has 1 fully saturated rings. The van der Waals surface area contributed by atoms with Gasteiger partial charge in [0.1, 0.15) is 5.75 Å². The highest BCUT2D eigenvalue weighted by Gasteiger charge is 2.24. The van der Waals surface area contributed by atoms with Crippen LogP contribution >= 0.6 is 12.4 Å². The van der Waals surface area contributed by atoms with E-state index in [4.69, 9.17) is 4.74 Å². The fourth-order valence-electron chi connectivity index (χ4n) is 2.58. The first-order valence-corrected chi connectivity index (χ1v) is 7.32. The van der Waals surface area contributed by atoms with E-state index in [9.17, 15) is 4.79 Å². The van der Waals surface area contributed by atoms with Crippen molar-refractivity contribution >= 4 is 18.3 Å². The van der Waals surface area contributed by atoms with Crippen LogP contribution in [-0.4, -0.2) is 44.1 Å². The van der Waals surface area contributed by atoms with Crippen molar-refractivity contribution in [2.75, 3.05) is 27.2 Å². The Labute approximate surface area is 133 Å². The Balaban J connectivity index is 0.00000220. The molecule has 118 valence electrons. The van der Waals surface area contributed by atoms with Crippen LogP contribution in [0, 0.1) is 0 Å². The number of likely N-dealkylation sites (N-methyl/N-ethyl adjacent to an activating group) is 1. The van der Waals surface area contributed by atoms with E-state index in [1.165, 1.54) is 5.56 Å². The number of nitrogens with one attached hydrogen (secondary N) is 1. The van der Waals surface area contributed by atoms with E-state index < -0.39 is 0 Å². The van der Waals surface area contributed by atoms with Gasteiger partial charge in [-0.1, -0.05) is 12.1 Å². The molecule has 1 heterocycles. The number of rotatable bonds is 6. The lowest BCUT2D eigenvalue weighted by molar-refractivity contribution is -0.131. The van der Waals surface area contributed by atoms with Gasteiger partial charge in [0.15, 0.2) is 0 Å². The summed E-state index contributed by atoms with van der Waals surface area (Å²) in [6.45, 7) is 1.78. The van der Waals surface area contributed by atoms with Crippen molar-refractivity contribution in [1.29, 1.82) is 0 Å². The van der Waals surface area contributed by atoms with Gasteiger partial charge in [0.2, 0.25) is 5.91 Å². The molecule has 0 bridgehead atoms. The summed E-state index contributed by atoms with van der Waals surface area (Å²) in [7, 11) is 3.57. The first-order chi connectivity index (χ1) is 9.70. The molecule has 0 aromatic heterocycles. The summed E-state index contributed by atoms with van der Waals surface area (Å²) in [5.41, 5.74) is 1.28. The minimum absolute atomic E-state index is 0. The van der Waals surface area contributed by atoms with E-state index in [0.29, 0.717) is 0 Å². The van der Waals surface area contributed by atoms with Gasteiger partial charge in [-0.3, -0.25) is 4.79 Å². The van der Waals surface area contributed by atoms with E-state index in [1.54, 1.807) is 7.11 Å². The molecule has 0 radical (unpaired) electrons. The predicted molar refractivity (Wildman–Crippen MR) is 87.2 cm³/mol. The van der Waals surface area contributed by atoms with E-state index in [2.05, 4.69) is 17.4 Å². The Morgan fingerprint density at radius 3 is 2.67 bits per heavy atom. The van der Waals surface area contributed by atoms with Gasteiger partial charge in [0, 0.05) is 13.6 Å². The predicted octanol–water partition coefficient (Wildman–Crippen LogP) is 2.26. The highest BCUT2D eigenvalue weighted by molar-refractivity contribution is 5.85. The maximum atomic E-state index is 12.1. The van der Waals surface area contributed by atoms with Crippen molar-refractivity contribution in [3.05, 3.63) is 29.8 Å². The van der Waals surface area contributed by atoms with Crippen molar-refractivity contribution in [2.24, 2.45) is 0 Å². The third-order valence-electron chi connectivity index (χ3n) is 3.85. The van der Waals surface area contributed by atoms with Crippen LogP contribution in [0.4, 0.5) is 0 Å². The van der Waals surface area contributed by atoms with Crippen LogP contribution in [0.3, 0.4) is 0 Å². The molecular weight excluding hydrogens is 288 g/mol. The number of halogens is 1. The number of nitrogens with zero attached hydrogens (tertiary/aromatic N) is 1. The maximum absolute atomic E-state index is 12.1. The van der Waals surface area contributed by atoms with Gasteiger partial charge in [-0.2, -0.15) is 0 Å². The smallest absolute Gasteiger partial charge is 0.239 e. The number of aryl methyl sites for hydroxylation is 1. The molecule has 1 aromatic rings. The quantitative estimate of drug-likeness (QED) is 0.876. The van der Waals surface area contributed by atoms with Gasteiger partial charge in [-0.25, -0.2) is 0 Å². The van der Waals surface area contributed by atoms with Crippen molar-refractivity contribution < 1.29 is 9.53 Å². The molecule has 1 N–H and O–H groups in total. The highest BCUT2D eigenvalue weighted by Crippen LogP contribution is 2.13. The Kier molecular flexibility index (Phi) is 7.54. The lowest BCUT2D eigenvalue weighted by atomic mass is 10.1. The molecule has 1 amide bonds. The van der Waals surface area contributed by atoms with Crippen LogP contribution in [0.1, 0.15) is 24.8 Å². The summed E-state index contributed by atoms with van der Waals surface area (Å²) in [4.78, 5) is 14.0. The summed E-state index contributed by atoms with van der Waals surface area (Å²) in [5, 5.41) is 3.25. The average Bonchev–Trinajstić information content (AvgIpc) is 3.01. The second kappa shape index (κ2) is 8.90. The van der Waals surface area contributed by atoms with Gasteiger partial charge < -0.3 is 15.0 Å². The van der Waals surface area contributed by atoms with E-state index in [1.807, 2.05) is 24.1 Å². The summed E-state index contributed by atoms with van der Waals surface area (Å²) < 4.78 is 5.14. The zero-order valence-electron chi connectivity index (χ0n) is 12.8. The van der Waals surface area contributed by atoms with Gasteiger partial charge in [0.25, 0.3) is 0 Å². The number of benzene rings is 1. The summed E-state index contributed by atoms with van der Waals surface area (Å²) in [6, 6.07) is 8.17. The normalized spacial score (nSPS) is 17.1. The molecule has 1 aliphatic heterocycles. The molecule has 21 heavy (non-hydrogen) atoms. The Morgan fingerprint density at radius 1 is 1.38 bits per heavy atom. The second-order valence-electron chi connectivity index (χ2n) is 5.36. The fourth-order valence-corrected chi connectivity index (χ4v) is 2.58. The third kappa shape index (κ3) is 5.21. The van der Waals surface area contributed by atoms with E-state index >= 15 is 0 Å². The van der Waals surface area contributed by atoms with Crippen LogP contribution in [0.25, 0.3) is 0 Å². The van der Waals surface area contributed by atoms with Crippen molar-refractivity contribution in [3.63, 3.8) is 0 Å². The highest BCUT2D eigenvalue weighted by atomic mass is 35.5. The molecular formula is C16H25ClN2O2. The number of hydrogen-bond acceptors (Lipinski definition) is 3. The number of ether oxygens (including phenoxy) is 1. The molecule has 1 aliphatic rings. The molecule has 1 atom stereocenters. The molecule has 0 saturated carbocycles. The molecule has 4 nitrogen and oxygen atoms in total. The van der Waals surface area contributed by atoms with Crippen molar-refractivity contribution in [3.8, 4) is 5.75 Å². The zero-order valence-corrected chi connectivity index (χ0v) is 13.6. The van der Waals surface area contributed by atoms with Crippen LogP contribution in [0.5, 0.6) is 5.75 Å². The summed E-state index contributed by atoms with van der Waals surface area (Å²) in [5.74, 6) is 1.12. The topological polar surface area (TPSA) is 41.6 Å². The zero-order chi connectivity index (χ0) is 14.4. The minimum Gasteiger partial charge on any atom is -0.497 e. The Hall–Kier alpha value is -1.26. The Morgan fingerprint density at radius 2 is 2.10 bits per heavy atom. The first-order valence-electron chi connectivity index (χ1n) is 7.32. The third-order valence-corrected chi connectivity index (χ3v) is 3.85. The van der Waals surface area contributed by atoms with Crippen LogP contribution in [0.15, 0.2) is 24.3 Å². The summed E-state index contributed by atoms with van der Waals surface area (Å²) >= 11 is 0. The monoisotopic (exact) mass is 312 g/mol. The van der Waals surface area contributed by atoms with Gasteiger partial charge >= 0.3 is 0 Å². The maximum Gasteiger partial charge on any atom is 0.239 e. The van der Waals surface area contributed by atoms with Crippen LogP contribution in [0.2, 0.25) is 0 Å². The van der Waals surface area contributed by atoms with E-state index in [0.717, 1.165) is 44.5 Å². The largest absolute Gasteiger partial charge is 0.497 e. The van der Waals surface area contributed by atoms with Crippen molar-refractivity contribution in [1.82, 2.24) is 10.2 Å². The van der Waals surface area contributed by atoms with E-state index in [-0.39, 0.29) is 24.4 Å². The molecule has 1 aromatic carbocycles. The molecule has 2 rings (SSSR count). The van der Waals surface area contributed by atoms with Gasteiger partial charge in [-0.15, -0.1) is 12.4 Å². The summed E-state index contributed by atoms with van der Waals surface area (Å²) in [6.07, 6.45) is 4.05. The van der Waals surface area contributed by atoms with Crippen molar-refractivity contribution in [2.45, 2.75) is 31.7 Å². The van der Waals surface area contributed by atoms with Crippen LogP contribution in [-0.2, 0) is 11.2 Å². The lowest BCUT2D eigenvalue weighted by Crippen LogP contribution is -2.42. The number of methoxy groups -OCH3 is 1. The van der Waals surface area contributed by atoms with Gasteiger partial charge in [0.05, 0.1) is 13.2 Å².